The number of nitrogens with zero attached hydrogens (tertiary/aromatic N) is 2. The molecule has 1 unspecified atom stereocenters. The molecule has 0 bridgehead atoms. The number of rotatable bonds is 4. The zero-order chi connectivity index (χ0) is 15.5. The maximum atomic E-state index is 12.3. The molecule has 2 aromatic carbocycles. The molecule has 3 aromatic rings. The summed E-state index contributed by atoms with van der Waals surface area (Å²) in [6.45, 7) is 1.98. The van der Waals surface area contributed by atoms with Crippen LogP contribution in [0.25, 0.3) is 5.69 Å². The molecule has 1 atom stereocenters. The van der Waals surface area contributed by atoms with Gasteiger partial charge in [0.25, 0.3) is 0 Å². The summed E-state index contributed by atoms with van der Waals surface area (Å²) in [5.41, 5.74) is 1.88. The van der Waals surface area contributed by atoms with E-state index in [0.717, 1.165) is 11.3 Å². The van der Waals surface area contributed by atoms with Crippen molar-refractivity contribution in [2.24, 2.45) is 0 Å². The molecular formula is C16H13ClN2O2S. The normalized spacial score (nSPS) is 12.1. The lowest BCUT2D eigenvalue weighted by atomic mass is 10.2. The molecule has 1 aromatic heterocycles. The van der Waals surface area contributed by atoms with Crippen molar-refractivity contribution in [1.29, 1.82) is 0 Å². The molecule has 22 heavy (non-hydrogen) atoms. The van der Waals surface area contributed by atoms with Crippen molar-refractivity contribution < 1.29 is 8.39 Å². The van der Waals surface area contributed by atoms with Gasteiger partial charge in [0.2, 0.25) is 17.0 Å². The Hall–Kier alpha value is -2.11. The second-order valence-electron chi connectivity index (χ2n) is 4.69. The summed E-state index contributed by atoms with van der Waals surface area (Å²) in [5.74, 6) is 0.331. The van der Waals surface area contributed by atoms with Crippen molar-refractivity contribution in [2.75, 3.05) is 0 Å². The molecule has 0 radical (unpaired) electrons. The summed E-state index contributed by atoms with van der Waals surface area (Å²) >= 11 is 4.34. The first-order valence-electron chi connectivity index (χ1n) is 6.61. The maximum Gasteiger partial charge on any atom is 0.242 e. The first-order chi connectivity index (χ1) is 10.6. The minimum atomic E-state index is -1.63. The standard InChI is InChI=1S/C16H13ClN2O2S/c1-12-6-5-7-13(10-12)19-16(11-15(17)18-19)21-22(20)14-8-3-2-4-9-14/h2-11H,1H3. The fourth-order valence-electron chi connectivity index (χ4n) is 2.00. The molecule has 0 aliphatic heterocycles. The monoisotopic (exact) mass is 332 g/mol. The quantitative estimate of drug-likeness (QED) is 0.727. The van der Waals surface area contributed by atoms with Gasteiger partial charge >= 0.3 is 0 Å². The number of hydrogen-bond donors (Lipinski definition) is 0. The topological polar surface area (TPSA) is 44.1 Å². The van der Waals surface area contributed by atoms with Gasteiger partial charge in [-0.1, -0.05) is 41.9 Å². The number of halogens is 1. The molecule has 0 aliphatic carbocycles. The van der Waals surface area contributed by atoms with E-state index in [9.17, 15) is 4.21 Å². The number of aromatic nitrogens is 2. The molecule has 4 nitrogen and oxygen atoms in total. The minimum Gasteiger partial charge on any atom is -0.376 e. The molecule has 0 spiro atoms. The first kappa shape index (κ1) is 14.8. The van der Waals surface area contributed by atoms with Gasteiger partial charge in [0.05, 0.1) is 10.6 Å². The van der Waals surface area contributed by atoms with Crippen LogP contribution in [0.5, 0.6) is 5.88 Å². The Labute approximate surface area is 136 Å². The fraction of sp³-hybridized carbons (Fsp3) is 0.0625. The maximum absolute atomic E-state index is 12.3. The Kier molecular flexibility index (Phi) is 4.27. The van der Waals surface area contributed by atoms with Crippen molar-refractivity contribution in [3.63, 3.8) is 0 Å². The lowest BCUT2D eigenvalue weighted by molar-refractivity contribution is 0.526. The van der Waals surface area contributed by atoms with E-state index in [1.54, 1.807) is 30.3 Å². The highest BCUT2D eigenvalue weighted by Crippen LogP contribution is 2.24. The molecule has 0 saturated heterocycles. The second kappa shape index (κ2) is 6.34. The van der Waals surface area contributed by atoms with Gasteiger partial charge in [-0.2, -0.15) is 9.78 Å². The van der Waals surface area contributed by atoms with Gasteiger partial charge in [0, 0.05) is 6.07 Å². The van der Waals surface area contributed by atoms with Crippen molar-refractivity contribution in [3.05, 3.63) is 71.4 Å². The van der Waals surface area contributed by atoms with Crippen LogP contribution < -0.4 is 4.18 Å². The van der Waals surface area contributed by atoms with Gasteiger partial charge < -0.3 is 4.18 Å². The smallest absolute Gasteiger partial charge is 0.242 e. The van der Waals surface area contributed by atoms with Crippen LogP contribution in [0.4, 0.5) is 0 Å². The zero-order valence-corrected chi connectivity index (χ0v) is 13.3. The predicted molar refractivity (Wildman–Crippen MR) is 86.8 cm³/mol. The minimum absolute atomic E-state index is 0.279. The third-order valence-electron chi connectivity index (χ3n) is 2.99. The lowest BCUT2D eigenvalue weighted by Crippen LogP contribution is -2.06. The molecule has 0 fully saturated rings. The van der Waals surface area contributed by atoms with Gasteiger partial charge in [-0.3, -0.25) is 0 Å². The van der Waals surface area contributed by atoms with Gasteiger partial charge in [-0.05, 0) is 36.8 Å². The fourth-order valence-corrected chi connectivity index (χ4v) is 2.92. The van der Waals surface area contributed by atoms with Gasteiger partial charge in [0.15, 0.2) is 5.15 Å². The van der Waals surface area contributed by atoms with E-state index < -0.39 is 11.1 Å². The molecule has 1 heterocycles. The van der Waals surface area contributed by atoms with Crippen LogP contribution in [0, 0.1) is 6.92 Å². The van der Waals surface area contributed by atoms with Gasteiger partial charge in [-0.15, -0.1) is 0 Å². The third-order valence-corrected chi connectivity index (χ3v) is 4.15. The SMILES string of the molecule is Cc1cccc(-n2nc(Cl)cc2OS(=O)c2ccccc2)c1. The number of hydrogen-bond acceptors (Lipinski definition) is 3. The Bertz CT molecular complexity index is 818. The van der Waals surface area contributed by atoms with E-state index in [2.05, 4.69) is 5.10 Å². The van der Waals surface area contributed by atoms with Gasteiger partial charge in [0.1, 0.15) is 0 Å². The van der Waals surface area contributed by atoms with Crippen LogP contribution >= 0.6 is 11.6 Å². The van der Waals surface area contributed by atoms with E-state index in [1.165, 1.54) is 4.68 Å². The summed E-state index contributed by atoms with van der Waals surface area (Å²) in [6, 6.07) is 18.2. The Morgan fingerprint density at radius 1 is 1.09 bits per heavy atom. The van der Waals surface area contributed by atoms with Crippen molar-refractivity contribution in [1.82, 2.24) is 9.78 Å². The Balaban J connectivity index is 1.94. The van der Waals surface area contributed by atoms with Crippen LogP contribution in [0.3, 0.4) is 0 Å². The van der Waals surface area contributed by atoms with E-state index >= 15 is 0 Å². The molecular weight excluding hydrogens is 320 g/mol. The highest BCUT2D eigenvalue weighted by Gasteiger charge is 2.14. The van der Waals surface area contributed by atoms with Crippen LogP contribution in [0.2, 0.25) is 5.15 Å². The Morgan fingerprint density at radius 3 is 2.59 bits per heavy atom. The van der Waals surface area contributed by atoms with Gasteiger partial charge in [-0.25, -0.2) is 4.21 Å². The summed E-state index contributed by atoms with van der Waals surface area (Å²) in [4.78, 5) is 0.579. The average Bonchev–Trinajstić information content (AvgIpc) is 2.89. The van der Waals surface area contributed by atoms with Crippen LogP contribution in [-0.4, -0.2) is 14.0 Å². The third kappa shape index (κ3) is 3.21. The molecule has 0 N–H and O–H groups in total. The number of aryl methyl sites for hydroxylation is 1. The highest BCUT2D eigenvalue weighted by molar-refractivity contribution is 7.80. The Morgan fingerprint density at radius 2 is 1.86 bits per heavy atom. The summed E-state index contributed by atoms with van der Waals surface area (Å²) in [5, 5.41) is 4.47. The summed E-state index contributed by atoms with van der Waals surface area (Å²) < 4.78 is 19.4. The van der Waals surface area contributed by atoms with E-state index in [-0.39, 0.29) is 5.15 Å². The molecule has 0 saturated carbocycles. The molecule has 0 aliphatic rings. The van der Waals surface area contributed by atoms with E-state index in [1.807, 2.05) is 37.3 Å². The average molecular weight is 333 g/mol. The van der Waals surface area contributed by atoms with Crippen LogP contribution in [-0.2, 0) is 11.1 Å². The van der Waals surface area contributed by atoms with Crippen LogP contribution in [0.1, 0.15) is 5.56 Å². The van der Waals surface area contributed by atoms with Crippen molar-refractivity contribution >= 4 is 22.7 Å². The molecule has 112 valence electrons. The highest BCUT2D eigenvalue weighted by atomic mass is 35.5. The van der Waals surface area contributed by atoms with Crippen LogP contribution in [0.15, 0.2) is 65.6 Å². The number of benzene rings is 2. The van der Waals surface area contributed by atoms with Crippen molar-refractivity contribution in [3.8, 4) is 11.6 Å². The summed E-state index contributed by atoms with van der Waals surface area (Å²) in [7, 11) is 0. The van der Waals surface area contributed by atoms with Crippen molar-refractivity contribution in [2.45, 2.75) is 11.8 Å². The zero-order valence-electron chi connectivity index (χ0n) is 11.8. The first-order valence-corrected chi connectivity index (χ1v) is 8.06. The molecule has 0 amide bonds. The second-order valence-corrected chi connectivity index (χ2v) is 6.18. The van der Waals surface area contributed by atoms with E-state index in [4.69, 9.17) is 15.8 Å². The summed E-state index contributed by atoms with van der Waals surface area (Å²) in [6.07, 6.45) is 0. The lowest BCUT2D eigenvalue weighted by Gasteiger charge is -2.08. The van der Waals surface area contributed by atoms with E-state index in [0.29, 0.717) is 10.8 Å². The largest absolute Gasteiger partial charge is 0.376 e. The molecule has 6 heteroatoms. The predicted octanol–water partition coefficient (Wildman–Crippen LogP) is 3.94. The molecule has 3 rings (SSSR count).